The van der Waals surface area contributed by atoms with E-state index in [1.54, 1.807) is 0 Å². The minimum absolute atomic E-state index is 0.956. The van der Waals surface area contributed by atoms with E-state index in [9.17, 15) is 0 Å². The first-order valence-corrected chi connectivity index (χ1v) is 16.7. The molecular formula is C34H70. The Bertz CT molecular complexity index is 346. The largest absolute Gasteiger partial charge is 0.0654 e. The van der Waals surface area contributed by atoms with E-state index < -0.39 is 0 Å². The van der Waals surface area contributed by atoms with Gasteiger partial charge in [0.2, 0.25) is 0 Å². The lowest BCUT2D eigenvalue weighted by Crippen LogP contribution is -1.99. The van der Waals surface area contributed by atoms with E-state index in [-0.39, 0.29) is 0 Å². The van der Waals surface area contributed by atoms with Gasteiger partial charge in [0.05, 0.1) is 0 Å². The topological polar surface area (TPSA) is 0 Å². The zero-order valence-electron chi connectivity index (χ0n) is 25.0. The Morgan fingerprint density at radius 3 is 0.735 bits per heavy atom. The van der Waals surface area contributed by atoms with Crippen molar-refractivity contribution in [3.8, 4) is 0 Å². The summed E-state index contributed by atoms with van der Waals surface area (Å²) >= 11 is 0. The average Bonchev–Trinajstić information content (AvgIpc) is 2.83. The van der Waals surface area contributed by atoms with Gasteiger partial charge in [-0.2, -0.15) is 0 Å². The summed E-state index contributed by atoms with van der Waals surface area (Å²) in [5.74, 6) is 1.91. The van der Waals surface area contributed by atoms with E-state index in [0.29, 0.717) is 0 Å². The molecule has 2 unspecified atom stereocenters. The molecule has 0 amide bonds. The molecule has 0 aromatic rings. The normalized spacial score (nSPS) is 13.4. The number of hydrogen-bond donors (Lipinski definition) is 0. The van der Waals surface area contributed by atoms with Crippen molar-refractivity contribution in [1.29, 1.82) is 0 Å². The average molecular weight is 479 g/mol. The maximum atomic E-state index is 2.51. The minimum atomic E-state index is 0.956. The van der Waals surface area contributed by atoms with E-state index in [1.165, 1.54) is 180 Å². The van der Waals surface area contributed by atoms with Gasteiger partial charge in [0.1, 0.15) is 0 Å². The highest BCUT2D eigenvalue weighted by Crippen LogP contribution is 2.22. The van der Waals surface area contributed by atoms with Crippen LogP contribution in [-0.4, -0.2) is 0 Å². The van der Waals surface area contributed by atoms with Crippen molar-refractivity contribution in [2.75, 3.05) is 0 Å². The Kier molecular flexibility index (Phi) is 29.2. The first kappa shape index (κ1) is 34.0. The summed E-state index contributed by atoms with van der Waals surface area (Å²) in [5.41, 5.74) is 0. The van der Waals surface area contributed by atoms with Gasteiger partial charge in [0.15, 0.2) is 0 Å². The van der Waals surface area contributed by atoms with E-state index in [1.807, 2.05) is 0 Å². The Morgan fingerprint density at radius 2 is 0.471 bits per heavy atom. The van der Waals surface area contributed by atoms with Crippen molar-refractivity contribution in [2.24, 2.45) is 11.8 Å². The summed E-state index contributed by atoms with van der Waals surface area (Å²) in [6.07, 6.45) is 41.1. The summed E-state index contributed by atoms with van der Waals surface area (Å²) < 4.78 is 0. The van der Waals surface area contributed by atoms with Gasteiger partial charge >= 0.3 is 0 Å². The molecule has 0 aromatic carbocycles. The molecule has 0 bridgehead atoms. The van der Waals surface area contributed by atoms with Crippen LogP contribution in [-0.2, 0) is 0 Å². The fourth-order valence-corrected chi connectivity index (χ4v) is 5.59. The molecule has 34 heavy (non-hydrogen) atoms. The van der Waals surface area contributed by atoms with Gasteiger partial charge < -0.3 is 0 Å². The molecule has 0 aliphatic carbocycles. The summed E-state index contributed by atoms with van der Waals surface area (Å²) in [7, 11) is 0. The number of unbranched alkanes of at least 4 members (excludes halogenated alkanes) is 21. The summed E-state index contributed by atoms with van der Waals surface area (Å²) in [4.78, 5) is 0. The predicted octanol–water partition coefficient (Wildman–Crippen LogP) is 13.2. The molecule has 0 aromatic heterocycles. The van der Waals surface area contributed by atoms with Gasteiger partial charge in [-0.05, 0) is 11.8 Å². The Hall–Kier alpha value is 0. The van der Waals surface area contributed by atoms with Gasteiger partial charge in [-0.1, -0.05) is 207 Å². The maximum Gasteiger partial charge on any atom is -0.0443 e. The van der Waals surface area contributed by atoms with Gasteiger partial charge in [-0.25, -0.2) is 0 Å². The molecule has 0 aliphatic heterocycles. The molecule has 0 fully saturated rings. The second-order valence-corrected chi connectivity index (χ2v) is 12.1. The molecule has 0 radical (unpaired) electrons. The van der Waals surface area contributed by atoms with Crippen molar-refractivity contribution in [3.63, 3.8) is 0 Å². The molecule has 2 atom stereocenters. The highest BCUT2D eigenvalue weighted by Gasteiger charge is 2.06. The lowest BCUT2D eigenvalue weighted by molar-refractivity contribution is 0.390. The molecule has 206 valence electrons. The Morgan fingerprint density at radius 1 is 0.265 bits per heavy atom. The van der Waals surface area contributed by atoms with Crippen LogP contribution in [0.4, 0.5) is 0 Å². The molecule has 0 nitrogen and oxygen atoms in total. The van der Waals surface area contributed by atoms with E-state index >= 15 is 0 Å². The van der Waals surface area contributed by atoms with E-state index in [2.05, 4.69) is 27.7 Å². The van der Waals surface area contributed by atoms with Gasteiger partial charge in [0, 0.05) is 0 Å². The van der Waals surface area contributed by atoms with Crippen LogP contribution in [0, 0.1) is 11.8 Å². The lowest BCUT2D eigenvalue weighted by atomic mass is 9.92. The molecule has 0 rings (SSSR count). The van der Waals surface area contributed by atoms with Gasteiger partial charge in [-0.15, -0.1) is 0 Å². The third-order valence-corrected chi connectivity index (χ3v) is 8.24. The second-order valence-electron chi connectivity index (χ2n) is 12.1. The van der Waals surface area contributed by atoms with Crippen LogP contribution in [0.1, 0.15) is 207 Å². The molecule has 0 saturated carbocycles. The van der Waals surface area contributed by atoms with Crippen molar-refractivity contribution in [2.45, 2.75) is 207 Å². The zero-order valence-corrected chi connectivity index (χ0v) is 25.0. The predicted molar refractivity (Wildman–Crippen MR) is 159 cm³/mol. The van der Waals surface area contributed by atoms with Crippen LogP contribution in [0.2, 0.25) is 0 Å². The third kappa shape index (κ3) is 28.2. The van der Waals surface area contributed by atoms with Crippen molar-refractivity contribution in [1.82, 2.24) is 0 Å². The minimum Gasteiger partial charge on any atom is -0.0654 e. The maximum absolute atomic E-state index is 2.51. The Balaban J connectivity index is 3.26. The third-order valence-electron chi connectivity index (χ3n) is 8.24. The molecule has 0 aliphatic rings. The molecule has 0 spiro atoms. The molecule has 0 heterocycles. The van der Waals surface area contributed by atoms with E-state index in [4.69, 9.17) is 0 Å². The van der Waals surface area contributed by atoms with E-state index in [0.717, 1.165) is 11.8 Å². The van der Waals surface area contributed by atoms with Crippen LogP contribution in [0.3, 0.4) is 0 Å². The fourth-order valence-electron chi connectivity index (χ4n) is 5.59. The first-order chi connectivity index (χ1) is 16.7. The summed E-state index contributed by atoms with van der Waals surface area (Å²) in [6.45, 7) is 9.63. The van der Waals surface area contributed by atoms with Crippen molar-refractivity contribution < 1.29 is 0 Å². The van der Waals surface area contributed by atoms with Crippen LogP contribution >= 0.6 is 0 Å². The molecular weight excluding hydrogens is 408 g/mol. The number of rotatable bonds is 29. The second kappa shape index (κ2) is 29.2. The molecule has 0 heteroatoms. The van der Waals surface area contributed by atoms with Crippen LogP contribution in [0.5, 0.6) is 0 Å². The summed E-state index contributed by atoms with van der Waals surface area (Å²) in [6, 6.07) is 0. The molecule has 0 N–H and O–H groups in total. The quantitative estimate of drug-likeness (QED) is 0.0937. The zero-order chi connectivity index (χ0) is 25.0. The SMILES string of the molecule is CCCCCCCCCCCCCCCCC(C)CCCC(C)CCCCCCCCCCC. The fraction of sp³-hybridized carbons (Fsp3) is 1.00. The smallest absolute Gasteiger partial charge is 0.0443 e. The summed E-state index contributed by atoms with van der Waals surface area (Å²) in [5, 5.41) is 0. The highest BCUT2D eigenvalue weighted by molar-refractivity contribution is 4.59. The first-order valence-electron chi connectivity index (χ1n) is 16.7. The molecule has 0 saturated heterocycles. The van der Waals surface area contributed by atoms with Crippen LogP contribution in [0.25, 0.3) is 0 Å². The van der Waals surface area contributed by atoms with Crippen molar-refractivity contribution >= 4 is 0 Å². The number of hydrogen-bond acceptors (Lipinski definition) is 0. The van der Waals surface area contributed by atoms with Crippen LogP contribution < -0.4 is 0 Å². The lowest BCUT2D eigenvalue weighted by Gasteiger charge is -2.14. The van der Waals surface area contributed by atoms with Crippen LogP contribution in [0.15, 0.2) is 0 Å². The Labute approximate surface area is 219 Å². The standard InChI is InChI=1S/C34H70/c1-5-7-9-11-13-15-16-17-18-19-21-23-25-27-30-34(4)32-28-31-33(3)29-26-24-22-20-14-12-10-8-6-2/h33-34H,5-32H2,1-4H3. The monoisotopic (exact) mass is 479 g/mol. The van der Waals surface area contributed by atoms with Crippen molar-refractivity contribution in [3.05, 3.63) is 0 Å². The van der Waals surface area contributed by atoms with Gasteiger partial charge in [-0.3, -0.25) is 0 Å². The highest BCUT2D eigenvalue weighted by atomic mass is 14.1. The van der Waals surface area contributed by atoms with Gasteiger partial charge in [0.25, 0.3) is 0 Å².